The van der Waals surface area contributed by atoms with Crippen LogP contribution in [0.15, 0.2) is 65.2 Å². The first-order valence-electron chi connectivity index (χ1n) is 8.68. The number of pyridine rings is 1. The summed E-state index contributed by atoms with van der Waals surface area (Å²) in [5.41, 5.74) is 3.06. The van der Waals surface area contributed by atoms with E-state index in [-0.39, 0.29) is 18.2 Å². The summed E-state index contributed by atoms with van der Waals surface area (Å²) in [4.78, 5) is 20.8. The lowest BCUT2D eigenvalue weighted by atomic mass is 10.1. The highest BCUT2D eigenvalue weighted by atomic mass is 16.6. The molecule has 0 aliphatic heterocycles. The molecule has 6 nitrogen and oxygen atoms in total. The molecule has 0 saturated carbocycles. The predicted octanol–water partition coefficient (Wildman–Crippen LogP) is 4.20. The van der Waals surface area contributed by atoms with Gasteiger partial charge in [-0.25, -0.2) is 9.78 Å². The van der Waals surface area contributed by atoms with E-state index in [4.69, 9.17) is 9.26 Å². The number of carbonyl (C=O) groups is 1. The number of aromatic nitrogens is 3. The number of benzene rings is 2. The van der Waals surface area contributed by atoms with Crippen molar-refractivity contribution in [2.24, 2.45) is 0 Å². The van der Waals surface area contributed by atoms with E-state index in [1.165, 1.54) is 5.56 Å². The van der Waals surface area contributed by atoms with Crippen LogP contribution < -0.4 is 0 Å². The molecule has 4 aromatic rings. The van der Waals surface area contributed by atoms with Crippen LogP contribution in [0.5, 0.6) is 0 Å². The molecule has 2 heterocycles. The summed E-state index contributed by atoms with van der Waals surface area (Å²) in [5, 5.41) is 4.90. The minimum atomic E-state index is -0.534. The van der Waals surface area contributed by atoms with Crippen molar-refractivity contribution in [3.05, 3.63) is 77.8 Å². The van der Waals surface area contributed by atoms with Crippen LogP contribution in [-0.2, 0) is 17.8 Å². The van der Waals surface area contributed by atoms with Crippen molar-refractivity contribution in [2.45, 2.75) is 20.0 Å². The van der Waals surface area contributed by atoms with Crippen LogP contribution in [0, 0.1) is 0 Å². The first-order chi connectivity index (χ1) is 13.2. The Kier molecular flexibility index (Phi) is 4.61. The van der Waals surface area contributed by atoms with E-state index in [2.05, 4.69) is 22.0 Å². The van der Waals surface area contributed by atoms with Crippen LogP contribution in [0.2, 0.25) is 0 Å². The van der Waals surface area contributed by atoms with E-state index in [0.717, 1.165) is 22.9 Å². The van der Waals surface area contributed by atoms with E-state index >= 15 is 0 Å². The molecule has 6 heteroatoms. The Morgan fingerprint density at radius 3 is 2.63 bits per heavy atom. The van der Waals surface area contributed by atoms with Gasteiger partial charge < -0.3 is 9.26 Å². The summed E-state index contributed by atoms with van der Waals surface area (Å²) in [6.45, 7) is 1.99. The number of esters is 1. The molecule has 0 bridgehead atoms. The van der Waals surface area contributed by atoms with E-state index in [1.807, 2.05) is 54.6 Å². The molecule has 0 fully saturated rings. The Morgan fingerprint density at radius 1 is 1.00 bits per heavy atom. The molecule has 0 aliphatic carbocycles. The van der Waals surface area contributed by atoms with Gasteiger partial charge in [-0.05, 0) is 24.1 Å². The summed E-state index contributed by atoms with van der Waals surface area (Å²) in [6.07, 6.45) is 0.969. The van der Waals surface area contributed by atoms with Crippen molar-refractivity contribution in [3.8, 4) is 11.4 Å². The zero-order chi connectivity index (χ0) is 18.6. The Hall–Kier alpha value is -3.54. The molecule has 0 aliphatic rings. The number of aryl methyl sites for hydroxylation is 1. The first kappa shape index (κ1) is 16.9. The maximum absolute atomic E-state index is 12.2. The zero-order valence-corrected chi connectivity index (χ0v) is 14.8. The van der Waals surface area contributed by atoms with Gasteiger partial charge in [-0.1, -0.05) is 60.6 Å². The van der Waals surface area contributed by atoms with Gasteiger partial charge in [0.15, 0.2) is 6.61 Å². The van der Waals surface area contributed by atoms with Gasteiger partial charge in [0.2, 0.25) is 5.82 Å². The fraction of sp³-hybridized carbons (Fsp3) is 0.143. The van der Waals surface area contributed by atoms with Gasteiger partial charge in [0.1, 0.15) is 5.69 Å². The second-order valence-corrected chi connectivity index (χ2v) is 6.03. The minimum Gasteiger partial charge on any atom is -0.451 e. The molecule has 0 amide bonds. The second-order valence-electron chi connectivity index (χ2n) is 6.03. The summed E-state index contributed by atoms with van der Waals surface area (Å²) < 4.78 is 10.4. The fourth-order valence-electron chi connectivity index (χ4n) is 2.70. The third-order valence-electron chi connectivity index (χ3n) is 4.22. The van der Waals surface area contributed by atoms with Crippen molar-refractivity contribution in [1.82, 2.24) is 15.1 Å². The smallest absolute Gasteiger partial charge is 0.357 e. The number of fused-ring (bicyclic) bond motifs is 1. The minimum absolute atomic E-state index is 0.104. The summed E-state index contributed by atoms with van der Waals surface area (Å²) >= 11 is 0. The number of hydrogen-bond acceptors (Lipinski definition) is 6. The first-order valence-corrected chi connectivity index (χ1v) is 8.68. The summed E-state index contributed by atoms with van der Waals surface area (Å²) in [7, 11) is 0. The number of carbonyl (C=O) groups excluding carboxylic acids is 1. The number of nitrogens with zero attached hydrogens (tertiary/aromatic N) is 3. The van der Waals surface area contributed by atoms with Crippen LogP contribution in [0.3, 0.4) is 0 Å². The third-order valence-corrected chi connectivity index (χ3v) is 4.22. The Balaban J connectivity index is 1.43. The van der Waals surface area contributed by atoms with Crippen LogP contribution in [0.25, 0.3) is 22.3 Å². The molecule has 134 valence electrons. The van der Waals surface area contributed by atoms with Crippen LogP contribution >= 0.6 is 0 Å². The lowest BCUT2D eigenvalue weighted by Crippen LogP contribution is -2.07. The van der Waals surface area contributed by atoms with Crippen LogP contribution in [0.4, 0.5) is 0 Å². The maximum Gasteiger partial charge on any atom is 0.357 e. The highest BCUT2D eigenvalue weighted by molar-refractivity contribution is 5.90. The topological polar surface area (TPSA) is 78.1 Å². The summed E-state index contributed by atoms with van der Waals surface area (Å²) in [5.74, 6) is 0.166. The molecular formula is C21H17N3O3. The highest BCUT2D eigenvalue weighted by Crippen LogP contribution is 2.18. The van der Waals surface area contributed by atoms with Gasteiger partial charge in [-0.3, -0.25) is 0 Å². The van der Waals surface area contributed by atoms with Crippen LogP contribution in [-0.4, -0.2) is 21.1 Å². The largest absolute Gasteiger partial charge is 0.451 e. The van der Waals surface area contributed by atoms with Crippen molar-refractivity contribution in [2.75, 3.05) is 0 Å². The Labute approximate surface area is 155 Å². The molecule has 0 unspecified atom stereocenters. The molecule has 2 aromatic carbocycles. The maximum atomic E-state index is 12.2. The SMILES string of the molecule is CCc1ccc(-c2noc(COC(=O)c3ccc4ccccc4n3)n2)cc1. The number of hydrogen-bond donors (Lipinski definition) is 0. The van der Waals surface area contributed by atoms with Crippen molar-refractivity contribution >= 4 is 16.9 Å². The van der Waals surface area contributed by atoms with Gasteiger partial charge in [-0.15, -0.1) is 0 Å². The normalized spacial score (nSPS) is 10.9. The molecular weight excluding hydrogens is 342 g/mol. The third kappa shape index (κ3) is 3.69. The van der Waals surface area contributed by atoms with Gasteiger partial charge in [-0.2, -0.15) is 4.98 Å². The average Bonchev–Trinajstić information content (AvgIpc) is 3.21. The number of rotatable bonds is 5. The predicted molar refractivity (Wildman–Crippen MR) is 100.0 cm³/mol. The van der Waals surface area contributed by atoms with Gasteiger partial charge >= 0.3 is 5.97 Å². The lowest BCUT2D eigenvalue weighted by molar-refractivity contribution is 0.0423. The van der Waals surface area contributed by atoms with E-state index in [0.29, 0.717) is 5.82 Å². The molecule has 2 aromatic heterocycles. The van der Waals surface area contributed by atoms with E-state index in [9.17, 15) is 4.79 Å². The molecule has 0 radical (unpaired) electrons. The van der Waals surface area contributed by atoms with Crippen molar-refractivity contribution in [3.63, 3.8) is 0 Å². The Bertz CT molecular complexity index is 1090. The standard InChI is InChI=1S/C21H17N3O3/c1-2-14-7-9-16(10-8-14)20-23-19(27-24-20)13-26-21(25)18-12-11-15-5-3-4-6-17(15)22-18/h3-12H,2,13H2,1H3. The summed E-state index contributed by atoms with van der Waals surface area (Å²) in [6, 6.07) is 19.0. The van der Waals surface area contributed by atoms with E-state index in [1.54, 1.807) is 6.07 Å². The number of ether oxygens (including phenoxy) is 1. The molecule has 0 atom stereocenters. The van der Waals surface area contributed by atoms with Crippen molar-refractivity contribution < 1.29 is 14.1 Å². The molecule has 0 N–H and O–H groups in total. The molecule has 27 heavy (non-hydrogen) atoms. The molecule has 0 saturated heterocycles. The monoisotopic (exact) mass is 359 g/mol. The second kappa shape index (κ2) is 7.37. The fourth-order valence-corrected chi connectivity index (χ4v) is 2.70. The van der Waals surface area contributed by atoms with Gasteiger partial charge in [0, 0.05) is 10.9 Å². The molecule has 4 rings (SSSR count). The van der Waals surface area contributed by atoms with Gasteiger partial charge in [0.05, 0.1) is 5.52 Å². The highest BCUT2D eigenvalue weighted by Gasteiger charge is 2.14. The average molecular weight is 359 g/mol. The Morgan fingerprint density at radius 2 is 1.81 bits per heavy atom. The quantitative estimate of drug-likeness (QED) is 0.497. The zero-order valence-electron chi connectivity index (χ0n) is 14.8. The van der Waals surface area contributed by atoms with Crippen molar-refractivity contribution in [1.29, 1.82) is 0 Å². The van der Waals surface area contributed by atoms with Gasteiger partial charge in [0.25, 0.3) is 5.89 Å². The van der Waals surface area contributed by atoms with E-state index < -0.39 is 5.97 Å². The molecule has 0 spiro atoms. The lowest BCUT2D eigenvalue weighted by Gasteiger charge is -2.03. The number of para-hydroxylation sites is 1. The van der Waals surface area contributed by atoms with Crippen LogP contribution in [0.1, 0.15) is 28.9 Å².